The molecule has 0 aliphatic heterocycles. The van der Waals surface area contributed by atoms with Gasteiger partial charge in [0.15, 0.2) is 0 Å². The van der Waals surface area contributed by atoms with Crippen LogP contribution in [0, 0.1) is 27.7 Å². The summed E-state index contributed by atoms with van der Waals surface area (Å²) >= 11 is 0. The lowest BCUT2D eigenvalue weighted by molar-refractivity contribution is 0.0865. The zero-order chi connectivity index (χ0) is 10.7. The third kappa shape index (κ3) is 2.14. The van der Waals surface area contributed by atoms with Gasteiger partial charge in [-0.2, -0.15) is 5.48 Å². The summed E-state index contributed by atoms with van der Waals surface area (Å²) in [4.78, 5) is 4.86. The molecule has 1 N–H and O–H groups in total. The molecule has 1 rings (SSSR count). The molecule has 0 amide bonds. The number of benzene rings is 1. The van der Waals surface area contributed by atoms with Gasteiger partial charge in [0.05, 0.1) is 7.11 Å². The first kappa shape index (κ1) is 11.2. The van der Waals surface area contributed by atoms with Crippen molar-refractivity contribution < 1.29 is 4.84 Å². The van der Waals surface area contributed by atoms with Crippen molar-refractivity contribution in [1.29, 1.82) is 0 Å². The third-order valence-corrected chi connectivity index (χ3v) is 3.00. The first-order chi connectivity index (χ1) is 6.57. The van der Waals surface area contributed by atoms with Crippen LogP contribution in [0.15, 0.2) is 6.07 Å². The van der Waals surface area contributed by atoms with E-state index in [0.29, 0.717) is 0 Å². The third-order valence-electron chi connectivity index (χ3n) is 3.00. The summed E-state index contributed by atoms with van der Waals surface area (Å²) in [5.74, 6) is 0. The zero-order valence-electron chi connectivity index (χ0n) is 9.69. The Hall–Kier alpha value is -0.860. The zero-order valence-corrected chi connectivity index (χ0v) is 9.69. The van der Waals surface area contributed by atoms with E-state index in [1.165, 1.54) is 27.8 Å². The van der Waals surface area contributed by atoms with Crippen molar-refractivity contribution in [1.82, 2.24) is 5.48 Å². The van der Waals surface area contributed by atoms with Crippen LogP contribution in [0.5, 0.6) is 0 Å². The Bertz CT molecular complexity index is 332. The second-order valence-corrected chi connectivity index (χ2v) is 3.75. The van der Waals surface area contributed by atoms with Gasteiger partial charge in [-0.25, -0.2) is 0 Å². The first-order valence-electron chi connectivity index (χ1n) is 4.90. The molecule has 0 heterocycles. The molecule has 0 saturated heterocycles. The normalized spacial score (nSPS) is 10.6. The van der Waals surface area contributed by atoms with Crippen molar-refractivity contribution in [3.8, 4) is 0 Å². The van der Waals surface area contributed by atoms with Gasteiger partial charge in [-0.15, -0.1) is 0 Å². The fourth-order valence-electron chi connectivity index (χ4n) is 1.63. The van der Waals surface area contributed by atoms with E-state index in [4.69, 9.17) is 4.84 Å². The molecule has 78 valence electrons. The maximum Gasteiger partial charge on any atom is 0.0572 e. The predicted molar refractivity (Wildman–Crippen MR) is 59.2 cm³/mol. The van der Waals surface area contributed by atoms with E-state index < -0.39 is 0 Å². The lowest BCUT2D eigenvalue weighted by Gasteiger charge is -2.14. The molecule has 0 aromatic heterocycles. The molecule has 0 bridgehead atoms. The highest BCUT2D eigenvalue weighted by Crippen LogP contribution is 2.20. The average molecular weight is 193 g/mol. The molecule has 0 fully saturated rings. The number of rotatable bonds is 3. The van der Waals surface area contributed by atoms with Gasteiger partial charge in [-0.3, -0.25) is 0 Å². The monoisotopic (exact) mass is 193 g/mol. The molecule has 2 heteroatoms. The summed E-state index contributed by atoms with van der Waals surface area (Å²) in [7, 11) is 1.64. The minimum absolute atomic E-state index is 0.768. The topological polar surface area (TPSA) is 21.3 Å². The maximum absolute atomic E-state index is 4.86. The van der Waals surface area contributed by atoms with E-state index in [0.717, 1.165) is 6.54 Å². The van der Waals surface area contributed by atoms with E-state index in [9.17, 15) is 0 Å². The minimum atomic E-state index is 0.768. The second kappa shape index (κ2) is 4.58. The molecule has 1 aromatic rings. The Morgan fingerprint density at radius 3 is 2.29 bits per heavy atom. The molecular formula is C12H19NO. The number of hydrogen-bond donors (Lipinski definition) is 1. The Labute approximate surface area is 86.2 Å². The van der Waals surface area contributed by atoms with Crippen LogP contribution in [-0.4, -0.2) is 7.11 Å². The van der Waals surface area contributed by atoms with E-state index in [-0.39, 0.29) is 0 Å². The second-order valence-electron chi connectivity index (χ2n) is 3.75. The van der Waals surface area contributed by atoms with Gasteiger partial charge in [-0.05, 0) is 55.5 Å². The van der Waals surface area contributed by atoms with Crippen LogP contribution >= 0.6 is 0 Å². The fourth-order valence-corrected chi connectivity index (χ4v) is 1.63. The maximum atomic E-state index is 4.86. The Morgan fingerprint density at radius 1 is 1.07 bits per heavy atom. The quantitative estimate of drug-likeness (QED) is 0.745. The van der Waals surface area contributed by atoms with Gasteiger partial charge in [0.2, 0.25) is 0 Å². The van der Waals surface area contributed by atoms with Gasteiger partial charge in [0.25, 0.3) is 0 Å². The summed E-state index contributed by atoms with van der Waals surface area (Å²) in [6, 6.07) is 2.23. The summed E-state index contributed by atoms with van der Waals surface area (Å²) in [6.45, 7) is 9.43. The molecule has 0 aliphatic carbocycles. The summed E-state index contributed by atoms with van der Waals surface area (Å²) in [5, 5.41) is 0. The van der Waals surface area contributed by atoms with Crippen molar-refractivity contribution in [2.45, 2.75) is 34.2 Å². The lowest BCUT2D eigenvalue weighted by Crippen LogP contribution is -2.12. The van der Waals surface area contributed by atoms with Crippen LogP contribution in [0.25, 0.3) is 0 Å². The van der Waals surface area contributed by atoms with Crippen molar-refractivity contribution in [3.05, 3.63) is 33.9 Å². The summed E-state index contributed by atoms with van der Waals surface area (Å²) < 4.78 is 0. The lowest BCUT2D eigenvalue weighted by atomic mass is 9.95. The van der Waals surface area contributed by atoms with E-state index in [2.05, 4.69) is 39.2 Å². The van der Waals surface area contributed by atoms with Gasteiger partial charge < -0.3 is 4.84 Å². The van der Waals surface area contributed by atoms with Crippen molar-refractivity contribution in [2.24, 2.45) is 0 Å². The van der Waals surface area contributed by atoms with Crippen molar-refractivity contribution in [2.75, 3.05) is 7.11 Å². The SMILES string of the molecule is CONCc1cc(C)c(C)c(C)c1C. The molecule has 0 spiro atoms. The van der Waals surface area contributed by atoms with E-state index >= 15 is 0 Å². The van der Waals surface area contributed by atoms with Crippen LogP contribution in [-0.2, 0) is 11.4 Å². The molecule has 0 atom stereocenters. The highest BCUT2D eigenvalue weighted by atomic mass is 16.6. The molecule has 1 aromatic carbocycles. The largest absolute Gasteiger partial charge is 0.305 e. The Morgan fingerprint density at radius 2 is 1.71 bits per heavy atom. The predicted octanol–water partition coefficient (Wildman–Crippen LogP) is 2.57. The Balaban J connectivity index is 3.06. The van der Waals surface area contributed by atoms with Crippen LogP contribution in [0.1, 0.15) is 27.8 Å². The molecule has 0 unspecified atom stereocenters. The Kier molecular flexibility index (Phi) is 3.67. The smallest absolute Gasteiger partial charge is 0.0572 e. The van der Waals surface area contributed by atoms with Crippen LogP contribution in [0.2, 0.25) is 0 Å². The summed E-state index contributed by atoms with van der Waals surface area (Å²) in [5.41, 5.74) is 9.68. The van der Waals surface area contributed by atoms with Crippen LogP contribution in [0.4, 0.5) is 0 Å². The first-order valence-corrected chi connectivity index (χ1v) is 4.90. The van der Waals surface area contributed by atoms with E-state index in [1.54, 1.807) is 7.11 Å². The number of hydrogen-bond acceptors (Lipinski definition) is 2. The average Bonchev–Trinajstić information content (AvgIpc) is 2.18. The van der Waals surface area contributed by atoms with Crippen LogP contribution in [0.3, 0.4) is 0 Å². The van der Waals surface area contributed by atoms with Gasteiger partial charge in [0, 0.05) is 6.54 Å². The molecule has 0 saturated carbocycles. The highest BCUT2D eigenvalue weighted by Gasteiger charge is 2.06. The summed E-state index contributed by atoms with van der Waals surface area (Å²) in [6.07, 6.45) is 0. The van der Waals surface area contributed by atoms with Gasteiger partial charge in [-0.1, -0.05) is 6.07 Å². The highest BCUT2D eigenvalue weighted by molar-refractivity contribution is 5.43. The number of aryl methyl sites for hydroxylation is 1. The van der Waals surface area contributed by atoms with E-state index in [1.807, 2.05) is 0 Å². The van der Waals surface area contributed by atoms with Gasteiger partial charge >= 0.3 is 0 Å². The molecular weight excluding hydrogens is 174 g/mol. The van der Waals surface area contributed by atoms with Gasteiger partial charge in [0.1, 0.15) is 0 Å². The fraction of sp³-hybridized carbons (Fsp3) is 0.500. The molecule has 0 radical (unpaired) electrons. The number of nitrogens with one attached hydrogen (secondary N) is 1. The molecule has 0 aliphatic rings. The molecule has 14 heavy (non-hydrogen) atoms. The molecule has 2 nitrogen and oxygen atoms in total. The van der Waals surface area contributed by atoms with Crippen molar-refractivity contribution >= 4 is 0 Å². The van der Waals surface area contributed by atoms with Crippen LogP contribution < -0.4 is 5.48 Å². The standard InChI is InChI=1S/C12H19NO/c1-8-6-12(7-13-14-5)11(4)10(3)9(8)2/h6,13H,7H2,1-5H3. The van der Waals surface area contributed by atoms with Crippen molar-refractivity contribution in [3.63, 3.8) is 0 Å². The number of hydroxylamine groups is 1. The minimum Gasteiger partial charge on any atom is -0.305 e.